The summed E-state index contributed by atoms with van der Waals surface area (Å²) in [6, 6.07) is 8.09. The quantitative estimate of drug-likeness (QED) is 0.763. The summed E-state index contributed by atoms with van der Waals surface area (Å²) in [6.45, 7) is 11.3. The van der Waals surface area contributed by atoms with Crippen molar-refractivity contribution in [3.05, 3.63) is 29.8 Å². The Labute approximate surface area is 122 Å². The molecule has 112 valence electrons. The lowest BCUT2D eigenvalue weighted by molar-refractivity contribution is -0.135. The van der Waals surface area contributed by atoms with Crippen LogP contribution in [0, 0.1) is 5.92 Å². The largest absolute Gasteiger partial charge is 0.483 e. The van der Waals surface area contributed by atoms with Crippen molar-refractivity contribution < 1.29 is 9.53 Å². The van der Waals surface area contributed by atoms with Gasteiger partial charge in [0.05, 0.1) is 0 Å². The van der Waals surface area contributed by atoms with Crippen molar-refractivity contribution in [2.24, 2.45) is 5.92 Å². The minimum absolute atomic E-state index is 0.0552. The number of hydrogen-bond acceptors (Lipinski definition) is 2. The maximum absolute atomic E-state index is 12.3. The van der Waals surface area contributed by atoms with Gasteiger partial charge in [-0.05, 0) is 37.8 Å². The number of aryl methyl sites for hydroxylation is 1. The van der Waals surface area contributed by atoms with Gasteiger partial charge in [-0.2, -0.15) is 0 Å². The number of hydrogen-bond donors (Lipinski definition) is 0. The Balaban J connectivity index is 2.65. The van der Waals surface area contributed by atoms with Crippen molar-refractivity contribution in [3.8, 4) is 5.75 Å². The molecule has 3 nitrogen and oxygen atoms in total. The third kappa shape index (κ3) is 4.87. The zero-order valence-electron chi connectivity index (χ0n) is 13.3. The van der Waals surface area contributed by atoms with E-state index in [4.69, 9.17) is 4.74 Å². The van der Waals surface area contributed by atoms with Gasteiger partial charge < -0.3 is 9.64 Å². The van der Waals surface area contributed by atoms with Crippen LogP contribution in [-0.2, 0) is 11.2 Å². The van der Waals surface area contributed by atoms with Gasteiger partial charge in [-0.15, -0.1) is 0 Å². The molecule has 0 atom stereocenters. The fourth-order valence-corrected chi connectivity index (χ4v) is 2.15. The Morgan fingerprint density at radius 3 is 2.40 bits per heavy atom. The number of benzene rings is 1. The van der Waals surface area contributed by atoms with Crippen LogP contribution >= 0.6 is 0 Å². The summed E-state index contributed by atoms with van der Waals surface area (Å²) in [6.07, 6.45) is 0.907. The van der Waals surface area contributed by atoms with Gasteiger partial charge in [0, 0.05) is 12.6 Å². The van der Waals surface area contributed by atoms with Gasteiger partial charge in [0.1, 0.15) is 5.75 Å². The summed E-state index contributed by atoms with van der Waals surface area (Å²) in [5.41, 5.74) is 1.14. The third-order valence-electron chi connectivity index (χ3n) is 3.21. The fraction of sp³-hybridized carbons (Fsp3) is 0.588. The van der Waals surface area contributed by atoms with E-state index in [-0.39, 0.29) is 18.6 Å². The molecule has 20 heavy (non-hydrogen) atoms. The summed E-state index contributed by atoms with van der Waals surface area (Å²) in [4.78, 5) is 14.2. The summed E-state index contributed by atoms with van der Waals surface area (Å²) in [5, 5.41) is 0. The molecule has 0 saturated heterocycles. The van der Waals surface area contributed by atoms with Crippen LogP contribution in [0.5, 0.6) is 5.75 Å². The first kappa shape index (κ1) is 16.5. The molecular weight excluding hydrogens is 250 g/mol. The molecular formula is C17H27NO2. The van der Waals surface area contributed by atoms with Gasteiger partial charge in [0.15, 0.2) is 6.61 Å². The van der Waals surface area contributed by atoms with E-state index < -0.39 is 0 Å². The first-order chi connectivity index (χ1) is 9.45. The molecule has 0 radical (unpaired) electrons. The second-order valence-electron chi connectivity index (χ2n) is 5.78. The van der Waals surface area contributed by atoms with Crippen molar-refractivity contribution in [2.75, 3.05) is 13.2 Å². The molecule has 0 unspecified atom stereocenters. The number of nitrogens with zero attached hydrogens (tertiary/aromatic N) is 1. The van der Waals surface area contributed by atoms with Crippen LogP contribution in [0.2, 0.25) is 0 Å². The molecule has 0 bridgehead atoms. The summed E-state index contributed by atoms with van der Waals surface area (Å²) < 4.78 is 5.71. The number of carbonyl (C=O) groups is 1. The van der Waals surface area contributed by atoms with E-state index in [1.165, 1.54) is 0 Å². The molecule has 0 heterocycles. The lowest BCUT2D eigenvalue weighted by atomic mass is 10.1. The summed E-state index contributed by atoms with van der Waals surface area (Å²) >= 11 is 0. The molecule has 0 aliphatic carbocycles. The average Bonchev–Trinajstić information content (AvgIpc) is 2.42. The fourth-order valence-electron chi connectivity index (χ4n) is 2.15. The zero-order chi connectivity index (χ0) is 15.1. The molecule has 1 rings (SSSR count). The van der Waals surface area contributed by atoms with Crippen molar-refractivity contribution in [3.63, 3.8) is 0 Å². The van der Waals surface area contributed by atoms with Crippen LogP contribution in [0.15, 0.2) is 24.3 Å². The van der Waals surface area contributed by atoms with Crippen molar-refractivity contribution in [1.82, 2.24) is 4.90 Å². The van der Waals surface area contributed by atoms with Crippen LogP contribution in [0.3, 0.4) is 0 Å². The predicted octanol–water partition coefficient (Wildman–Crippen LogP) is 3.52. The first-order valence-corrected chi connectivity index (χ1v) is 7.45. The van der Waals surface area contributed by atoms with Gasteiger partial charge in [-0.25, -0.2) is 0 Å². The van der Waals surface area contributed by atoms with Crippen LogP contribution < -0.4 is 4.74 Å². The first-order valence-electron chi connectivity index (χ1n) is 7.45. The average molecular weight is 277 g/mol. The topological polar surface area (TPSA) is 29.5 Å². The normalized spacial score (nSPS) is 10.9. The standard InChI is InChI=1S/C17H27NO2/c1-6-15-9-7-8-10-16(15)20-12-17(19)18(14(4)5)11-13(2)3/h7-10,13-14H,6,11-12H2,1-5H3. The third-order valence-corrected chi connectivity index (χ3v) is 3.21. The highest BCUT2D eigenvalue weighted by molar-refractivity contribution is 5.78. The highest BCUT2D eigenvalue weighted by Gasteiger charge is 2.18. The highest BCUT2D eigenvalue weighted by atomic mass is 16.5. The molecule has 1 aromatic carbocycles. The van der Waals surface area contributed by atoms with Crippen molar-refractivity contribution in [1.29, 1.82) is 0 Å². The molecule has 0 aliphatic heterocycles. The lowest BCUT2D eigenvalue weighted by Crippen LogP contribution is -2.42. The van der Waals surface area contributed by atoms with E-state index in [2.05, 4.69) is 20.8 Å². The minimum atomic E-state index is 0.0552. The van der Waals surface area contributed by atoms with Crippen molar-refractivity contribution in [2.45, 2.75) is 47.1 Å². The van der Waals surface area contributed by atoms with E-state index in [9.17, 15) is 4.79 Å². The SMILES string of the molecule is CCc1ccccc1OCC(=O)N(CC(C)C)C(C)C. The maximum atomic E-state index is 12.3. The van der Waals surface area contributed by atoms with E-state index in [1.54, 1.807) is 0 Å². The predicted molar refractivity (Wildman–Crippen MR) is 83.0 cm³/mol. The summed E-state index contributed by atoms with van der Waals surface area (Å²) in [5.74, 6) is 1.33. The second kappa shape index (κ2) is 7.93. The zero-order valence-corrected chi connectivity index (χ0v) is 13.3. The Kier molecular flexibility index (Phi) is 6.56. The Morgan fingerprint density at radius 2 is 1.85 bits per heavy atom. The van der Waals surface area contributed by atoms with Crippen LogP contribution in [0.25, 0.3) is 0 Å². The Bertz CT molecular complexity index is 427. The molecule has 0 aliphatic rings. The van der Waals surface area contributed by atoms with Gasteiger partial charge in [-0.1, -0.05) is 39.0 Å². The van der Waals surface area contributed by atoms with Gasteiger partial charge in [0.25, 0.3) is 5.91 Å². The number of para-hydroxylation sites is 1. The smallest absolute Gasteiger partial charge is 0.260 e. The molecule has 0 spiro atoms. The number of amides is 1. The maximum Gasteiger partial charge on any atom is 0.260 e. The molecule has 3 heteroatoms. The summed E-state index contributed by atoms with van der Waals surface area (Å²) in [7, 11) is 0. The molecule has 0 saturated carbocycles. The van der Waals surface area contributed by atoms with E-state index in [0.29, 0.717) is 5.92 Å². The number of ether oxygens (including phenoxy) is 1. The molecule has 1 aromatic rings. The number of rotatable bonds is 7. The van der Waals surface area contributed by atoms with Crippen LogP contribution in [-0.4, -0.2) is 30.0 Å². The molecule has 0 N–H and O–H groups in total. The van der Waals surface area contributed by atoms with E-state index >= 15 is 0 Å². The van der Waals surface area contributed by atoms with Gasteiger partial charge in [-0.3, -0.25) is 4.79 Å². The molecule has 0 aromatic heterocycles. The number of carbonyl (C=O) groups excluding carboxylic acids is 1. The van der Waals surface area contributed by atoms with E-state index in [1.807, 2.05) is 43.0 Å². The molecule has 0 fully saturated rings. The van der Waals surface area contributed by atoms with Crippen molar-refractivity contribution >= 4 is 5.91 Å². The molecule has 1 amide bonds. The van der Waals surface area contributed by atoms with Gasteiger partial charge in [0.2, 0.25) is 0 Å². The second-order valence-corrected chi connectivity index (χ2v) is 5.78. The lowest BCUT2D eigenvalue weighted by Gasteiger charge is -2.28. The highest BCUT2D eigenvalue weighted by Crippen LogP contribution is 2.18. The monoisotopic (exact) mass is 277 g/mol. The van der Waals surface area contributed by atoms with Crippen LogP contribution in [0.4, 0.5) is 0 Å². The van der Waals surface area contributed by atoms with E-state index in [0.717, 1.165) is 24.3 Å². The Hall–Kier alpha value is -1.51. The Morgan fingerprint density at radius 1 is 1.20 bits per heavy atom. The van der Waals surface area contributed by atoms with Gasteiger partial charge >= 0.3 is 0 Å². The minimum Gasteiger partial charge on any atom is -0.483 e. The van der Waals surface area contributed by atoms with Crippen LogP contribution in [0.1, 0.15) is 40.2 Å².